The Labute approximate surface area is 162 Å². The lowest BCUT2D eigenvalue weighted by Gasteiger charge is -2.34. The molecule has 1 aliphatic heterocycles. The quantitative estimate of drug-likeness (QED) is 0.790. The van der Waals surface area contributed by atoms with Crippen molar-refractivity contribution in [2.24, 2.45) is 0 Å². The van der Waals surface area contributed by atoms with Gasteiger partial charge in [-0.05, 0) is 49.6 Å². The van der Waals surface area contributed by atoms with Crippen molar-refractivity contribution in [3.63, 3.8) is 0 Å². The van der Waals surface area contributed by atoms with E-state index in [4.69, 9.17) is 4.74 Å². The highest BCUT2D eigenvalue weighted by atomic mass is 32.2. The lowest BCUT2D eigenvalue weighted by Crippen LogP contribution is -2.48. The Morgan fingerprint density at radius 3 is 2.00 bits per heavy atom. The lowest BCUT2D eigenvalue weighted by atomic mass is 10.1. The Morgan fingerprint density at radius 2 is 1.48 bits per heavy atom. The Hall–Kier alpha value is -1.89. The summed E-state index contributed by atoms with van der Waals surface area (Å²) in [5.41, 5.74) is 3.97. The van der Waals surface area contributed by atoms with Crippen LogP contribution in [0.3, 0.4) is 0 Å². The molecule has 0 saturated carbocycles. The summed E-state index contributed by atoms with van der Waals surface area (Å²) in [6.07, 6.45) is 0. The molecular formula is C21H28N2O3S. The number of piperazine rings is 1. The second kappa shape index (κ2) is 8.00. The van der Waals surface area contributed by atoms with Crippen LogP contribution in [-0.2, 0) is 16.6 Å². The van der Waals surface area contributed by atoms with Crippen LogP contribution < -0.4 is 4.74 Å². The predicted molar refractivity (Wildman–Crippen MR) is 108 cm³/mol. The summed E-state index contributed by atoms with van der Waals surface area (Å²) in [6, 6.07) is 12.1. The molecule has 2 aromatic rings. The Bertz CT molecular complexity index is 877. The van der Waals surface area contributed by atoms with E-state index in [9.17, 15) is 8.42 Å². The average molecular weight is 389 g/mol. The molecule has 0 spiro atoms. The third-order valence-electron chi connectivity index (χ3n) is 5.13. The van der Waals surface area contributed by atoms with Crippen molar-refractivity contribution < 1.29 is 13.2 Å². The monoisotopic (exact) mass is 388 g/mol. The summed E-state index contributed by atoms with van der Waals surface area (Å²) < 4.78 is 33.3. The van der Waals surface area contributed by atoms with E-state index in [1.165, 1.54) is 11.1 Å². The second-order valence-electron chi connectivity index (χ2n) is 7.26. The van der Waals surface area contributed by atoms with Gasteiger partial charge in [-0.15, -0.1) is 0 Å². The van der Waals surface area contributed by atoms with Gasteiger partial charge in [-0.3, -0.25) is 4.90 Å². The van der Waals surface area contributed by atoms with E-state index < -0.39 is 10.0 Å². The first-order chi connectivity index (χ1) is 12.8. The zero-order valence-corrected chi connectivity index (χ0v) is 17.3. The first-order valence-corrected chi connectivity index (χ1v) is 10.7. The molecule has 0 amide bonds. The van der Waals surface area contributed by atoms with Gasteiger partial charge < -0.3 is 4.74 Å². The van der Waals surface area contributed by atoms with E-state index in [-0.39, 0.29) is 0 Å². The Kier molecular flexibility index (Phi) is 5.89. The summed E-state index contributed by atoms with van der Waals surface area (Å²) in [5.74, 6) is 0.687. The van der Waals surface area contributed by atoms with Crippen molar-refractivity contribution in [2.45, 2.75) is 32.2 Å². The smallest absolute Gasteiger partial charge is 0.243 e. The molecule has 6 heteroatoms. The standard InChI is InChI=1S/C21H28N2O3S/c1-16-5-7-19(8-6-16)15-22-9-11-23(12-10-22)27(24,25)21-17(2)13-20(26-4)14-18(21)3/h5-8,13-14H,9-12,15H2,1-4H3. The molecule has 0 radical (unpaired) electrons. The number of nitrogens with zero attached hydrogens (tertiary/aromatic N) is 2. The average Bonchev–Trinajstić information content (AvgIpc) is 2.63. The maximum atomic E-state index is 13.2. The molecule has 2 aromatic carbocycles. The zero-order chi connectivity index (χ0) is 19.6. The molecule has 0 atom stereocenters. The maximum absolute atomic E-state index is 13.2. The van der Waals surface area contributed by atoms with Crippen LogP contribution in [0, 0.1) is 20.8 Å². The van der Waals surface area contributed by atoms with Gasteiger partial charge >= 0.3 is 0 Å². The van der Waals surface area contributed by atoms with Gasteiger partial charge in [0.2, 0.25) is 10.0 Å². The van der Waals surface area contributed by atoms with Crippen molar-refractivity contribution in [2.75, 3.05) is 33.3 Å². The van der Waals surface area contributed by atoms with E-state index in [2.05, 4.69) is 36.1 Å². The number of benzene rings is 2. The first-order valence-electron chi connectivity index (χ1n) is 9.24. The van der Waals surface area contributed by atoms with Gasteiger partial charge in [-0.25, -0.2) is 8.42 Å². The maximum Gasteiger partial charge on any atom is 0.243 e. The molecule has 27 heavy (non-hydrogen) atoms. The fourth-order valence-corrected chi connectivity index (χ4v) is 5.48. The third kappa shape index (κ3) is 4.34. The topological polar surface area (TPSA) is 49.9 Å². The van der Waals surface area contributed by atoms with Crippen LogP contribution in [0.5, 0.6) is 5.75 Å². The largest absolute Gasteiger partial charge is 0.497 e. The molecule has 0 N–H and O–H groups in total. The van der Waals surface area contributed by atoms with Crippen LogP contribution in [0.1, 0.15) is 22.3 Å². The number of ether oxygens (including phenoxy) is 1. The number of methoxy groups -OCH3 is 1. The minimum absolute atomic E-state index is 0.412. The van der Waals surface area contributed by atoms with E-state index >= 15 is 0 Å². The van der Waals surface area contributed by atoms with Crippen LogP contribution in [0.15, 0.2) is 41.3 Å². The van der Waals surface area contributed by atoms with Crippen molar-refractivity contribution in [3.05, 3.63) is 58.7 Å². The van der Waals surface area contributed by atoms with Crippen LogP contribution in [0.2, 0.25) is 0 Å². The van der Waals surface area contributed by atoms with Crippen molar-refractivity contribution in [1.29, 1.82) is 0 Å². The molecule has 1 aliphatic rings. The molecule has 5 nitrogen and oxygen atoms in total. The highest BCUT2D eigenvalue weighted by molar-refractivity contribution is 7.89. The normalized spacial score (nSPS) is 16.4. The highest BCUT2D eigenvalue weighted by Gasteiger charge is 2.31. The van der Waals surface area contributed by atoms with Gasteiger partial charge in [0.15, 0.2) is 0 Å². The number of hydrogen-bond donors (Lipinski definition) is 0. The molecule has 146 valence electrons. The molecule has 1 saturated heterocycles. The molecule has 1 fully saturated rings. The number of hydrogen-bond acceptors (Lipinski definition) is 4. The second-order valence-corrected chi connectivity index (χ2v) is 9.13. The summed E-state index contributed by atoms with van der Waals surface area (Å²) in [4.78, 5) is 2.72. The van der Waals surface area contributed by atoms with Crippen molar-refractivity contribution >= 4 is 10.0 Å². The fourth-order valence-electron chi connectivity index (χ4n) is 3.64. The van der Waals surface area contributed by atoms with Gasteiger partial charge in [-0.2, -0.15) is 4.31 Å². The van der Waals surface area contributed by atoms with Gasteiger partial charge in [0.1, 0.15) is 5.75 Å². The van der Waals surface area contributed by atoms with Crippen molar-refractivity contribution in [1.82, 2.24) is 9.21 Å². The number of rotatable bonds is 5. The summed E-state index contributed by atoms with van der Waals surface area (Å²) in [6.45, 7) is 9.10. The number of aryl methyl sites for hydroxylation is 3. The van der Waals surface area contributed by atoms with E-state index in [0.717, 1.165) is 30.8 Å². The van der Waals surface area contributed by atoms with Gasteiger partial charge in [-0.1, -0.05) is 29.8 Å². The molecule has 0 unspecified atom stereocenters. The molecular weight excluding hydrogens is 360 g/mol. The summed E-state index contributed by atoms with van der Waals surface area (Å²) in [5, 5.41) is 0. The van der Waals surface area contributed by atoms with Crippen LogP contribution in [0.25, 0.3) is 0 Å². The summed E-state index contributed by atoms with van der Waals surface area (Å²) in [7, 11) is -1.91. The molecule has 0 aliphatic carbocycles. The Balaban J connectivity index is 1.70. The number of sulfonamides is 1. The minimum atomic E-state index is -3.50. The van der Waals surface area contributed by atoms with E-state index in [1.807, 2.05) is 13.8 Å². The van der Waals surface area contributed by atoms with E-state index in [0.29, 0.717) is 23.7 Å². The third-order valence-corrected chi connectivity index (χ3v) is 7.33. The molecule has 0 aromatic heterocycles. The van der Waals surface area contributed by atoms with E-state index in [1.54, 1.807) is 23.5 Å². The van der Waals surface area contributed by atoms with Crippen LogP contribution in [0.4, 0.5) is 0 Å². The highest BCUT2D eigenvalue weighted by Crippen LogP contribution is 2.28. The zero-order valence-electron chi connectivity index (χ0n) is 16.5. The predicted octanol–water partition coefficient (Wildman–Crippen LogP) is 3.13. The SMILES string of the molecule is COc1cc(C)c(S(=O)(=O)N2CCN(Cc3ccc(C)cc3)CC2)c(C)c1. The Morgan fingerprint density at radius 1 is 0.926 bits per heavy atom. The molecule has 1 heterocycles. The molecule has 0 bridgehead atoms. The van der Waals surface area contributed by atoms with Gasteiger partial charge in [0.05, 0.1) is 12.0 Å². The van der Waals surface area contributed by atoms with Gasteiger partial charge in [0, 0.05) is 32.7 Å². The lowest BCUT2D eigenvalue weighted by molar-refractivity contribution is 0.181. The van der Waals surface area contributed by atoms with Crippen LogP contribution in [-0.4, -0.2) is 50.9 Å². The van der Waals surface area contributed by atoms with Gasteiger partial charge in [0.25, 0.3) is 0 Å². The summed E-state index contributed by atoms with van der Waals surface area (Å²) >= 11 is 0. The van der Waals surface area contributed by atoms with Crippen molar-refractivity contribution in [3.8, 4) is 5.75 Å². The minimum Gasteiger partial charge on any atom is -0.497 e. The fraction of sp³-hybridized carbons (Fsp3) is 0.429. The first kappa shape index (κ1) is 19.9. The molecule has 3 rings (SSSR count). The van der Waals surface area contributed by atoms with Crippen LogP contribution >= 0.6 is 0 Å².